The van der Waals surface area contributed by atoms with Gasteiger partial charge in [-0.1, -0.05) is 12.1 Å². The number of carbonyl (C=O) groups is 1. The highest BCUT2D eigenvalue weighted by Crippen LogP contribution is 2.23. The monoisotopic (exact) mass is 272 g/mol. The van der Waals surface area contributed by atoms with Crippen molar-refractivity contribution in [3.63, 3.8) is 0 Å². The first kappa shape index (κ1) is 12.2. The summed E-state index contributed by atoms with van der Waals surface area (Å²) >= 11 is 3.40. The number of esters is 1. The Morgan fingerprint density at radius 3 is 2.73 bits per heavy atom. The molecule has 0 N–H and O–H groups in total. The van der Waals surface area contributed by atoms with Crippen LogP contribution in [0, 0.1) is 0 Å². The number of halogens is 1. The molecular formula is C11H13BrO3. The van der Waals surface area contributed by atoms with Gasteiger partial charge in [-0.25, -0.2) is 4.79 Å². The standard InChI is InChI=1S/C11H13BrO3/c1-14-7-6-8-4-3-5-9(10(8)12)11(13)15-2/h3-5H,6-7H2,1-2H3. The van der Waals surface area contributed by atoms with Crippen LogP contribution in [0.3, 0.4) is 0 Å². The van der Waals surface area contributed by atoms with E-state index in [0.29, 0.717) is 12.2 Å². The fourth-order valence-corrected chi connectivity index (χ4v) is 1.88. The molecule has 0 atom stereocenters. The Hall–Kier alpha value is -0.870. The van der Waals surface area contributed by atoms with Crippen LogP contribution in [0.4, 0.5) is 0 Å². The van der Waals surface area contributed by atoms with E-state index in [-0.39, 0.29) is 5.97 Å². The fourth-order valence-electron chi connectivity index (χ4n) is 1.25. The Labute approximate surface area is 97.5 Å². The van der Waals surface area contributed by atoms with Gasteiger partial charge in [-0.3, -0.25) is 0 Å². The molecule has 0 saturated heterocycles. The molecule has 0 aliphatic carbocycles. The van der Waals surface area contributed by atoms with Gasteiger partial charge < -0.3 is 9.47 Å². The van der Waals surface area contributed by atoms with Crippen molar-refractivity contribution in [2.75, 3.05) is 20.8 Å². The van der Waals surface area contributed by atoms with Crippen molar-refractivity contribution in [1.29, 1.82) is 0 Å². The van der Waals surface area contributed by atoms with E-state index in [1.54, 1.807) is 13.2 Å². The van der Waals surface area contributed by atoms with Gasteiger partial charge in [0.05, 0.1) is 19.3 Å². The summed E-state index contributed by atoms with van der Waals surface area (Å²) in [5.41, 5.74) is 1.59. The molecule has 0 aromatic heterocycles. The van der Waals surface area contributed by atoms with E-state index in [1.807, 2.05) is 12.1 Å². The highest BCUT2D eigenvalue weighted by molar-refractivity contribution is 9.10. The van der Waals surface area contributed by atoms with Crippen LogP contribution in [0.1, 0.15) is 15.9 Å². The molecule has 0 amide bonds. The Kier molecular flexibility index (Phi) is 4.78. The highest BCUT2D eigenvalue weighted by atomic mass is 79.9. The summed E-state index contributed by atoms with van der Waals surface area (Å²) in [6.07, 6.45) is 0.766. The van der Waals surface area contributed by atoms with Crippen LogP contribution < -0.4 is 0 Å². The molecule has 0 spiro atoms. The van der Waals surface area contributed by atoms with Crippen molar-refractivity contribution >= 4 is 21.9 Å². The summed E-state index contributed by atoms with van der Waals surface area (Å²) in [6.45, 7) is 0.628. The first-order chi connectivity index (χ1) is 7.20. The number of carbonyl (C=O) groups excluding carboxylic acids is 1. The minimum Gasteiger partial charge on any atom is -0.465 e. The number of benzene rings is 1. The van der Waals surface area contributed by atoms with E-state index < -0.39 is 0 Å². The topological polar surface area (TPSA) is 35.5 Å². The van der Waals surface area contributed by atoms with E-state index in [0.717, 1.165) is 16.5 Å². The summed E-state index contributed by atoms with van der Waals surface area (Å²) in [4.78, 5) is 11.4. The fraction of sp³-hybridized carbons (Fsp3) is 0.364. The lowest BCUT2D eigenvalue weighted by Crippen LogP contribution is -2.05. The summed E-state index contributed by atoms with van der Waals surface area (Å²) in [7, 11) is 3.02. The number of ether oxygens (including phenoxy) is 2. The molecule has 1 aromatic rings. The van der Waals surface area contributed by atoms with Crippen LogP contribution in [-0.4, -0.2) is 26.8 Å². The van der Waals surface area contributed by atoms with Crippen molar-refractivity contribution in [1.82, 2.24) is 0 Å². The number of methoxy groups -OCH3 is 2. The van der Waals surface area contributed by atoms with E-state index >= 15 is 0 Å². The summed E-state index contributed by atoms with van der Waals surface area (Å²) in [5.74, 6) is -0.332. The highest BCUT2D eigenvalue weighted by Gasteiger charge is 2.12. The molecule has 0 unspecified atom stereocenters. The average Bonchev–Trinajstić information content (AvgIpc) is 2.27. The van der Waals surface area contributed by atoms with Crippen LogP contribution in [0.25, 0.3) is 0 Å². The van der Waals surface area contributed by atoms with Gasteiger partial charge in [0, 0.05) is 11.6 Å². The largest absolute Gasteiger partial charge is 0.465 e. The van der Waals surface area contributed by atoms with E-state index in [9.17, 15) is 4.79 Å². The van der Waals surface area contributed by atoms with Gasteiger partial charge in [0.25, 0.3) is 0 Å². The lowest BCUT2D eigenvalue weighted by Gasteiger charge is -2.07. The van der Waals surface area contributed by atoms with E-state index in [4.69, 9.17) is 4.74 Å². The second-order valence-corrected chi connectivity index (χ2v) is 3.81. The Morgan fingerprint density at radius 2 is 2.13 bits per heavy atom. The maximum absolute atomic E-state index is 11.4. The molecular weight excluding hydrogens is 260 g/mol. The SMILES string of the molecule is COCCc1cccc(C(=O)OC)c1Br. The molecule has 0 aliphatic heterocycles. The van der Waals surface area contributed by atoms with Crippen molar-refractivity contribution in [3.8, 4) is 0 Å². The van der Waals surface area contributed by atoms with Crippen LogP contribution in [0.15, 0.2) is 22.7 Å². The third-order valence-electron chi connectivity index (χ3n) is 2.06. The molecule has 4 heteroatoms. The summed E-state index contributed by atoms with van der Waals surface area (Å²) in [5, 5.41) is 0. The Balaban J connectivity index is 2.95. The second-order valence-electron chi connectivity index (χ2n) is 3.01. The summed E-state index contributed by atoms with van der Waals surface area (Å²) < 4.78 is 10.5. The zero-order valence-corrected chi connectivity index (χ0v) is 10.3. The zero-order chi connectivity index (χ0) is 11.3. The summed E-state index contributed by atoms with van der Waals surface area (Å²) in [6, 6.07) is 5.52. The van der Waals surface area contributed by atoms with Crippen LogP contribution >= 0.6 is 15.9 Å². The quantitative estimate of drug-likeness (QED) is 0.790. The average molecular weight is 273 g/mol. The molecule has 82 valence electrons. The molecule has 1 rings (SSSR count). The van der Waals surface area contributed by atoms with E-state index in [1.165, 1.54) is 7.11 Å². The Morgan fingerprint density at radius 1 is 1.40 bits per heavy atom. The van der Waals surface area contributed by atoms with Gasteiger partial charge in [0.2, 0.25) is 0 Å². The molecule has 1 aromatic carbocycles. The number of rotatable bonds is 4. The van der Waals surface area contributed by atoms with Crippen molar-refractivity contribution in [3.05, 3.63) is 33.8 Å². The Bertz CT molecular complexity index is 350. The predicted octanol–water partition coefficient (Wildman–Crippen LogP) is 2.42. The molecule has 0 radical (unpaired) electrons. The second kappa shape index (κ2) is 5.88. The minimum absolute atomic E-state index is 0.332. The normalized spacial score (nSPS) is 10.1. The molecule has 15 heavy (non-hydrogen) atoms. The predicted molar refractivity (Wildman–Crippen MR) is 61.1 cm³/mol. The van der Waals surface area contributed by atoms with Crippen LogP contribution in [0.2, 0.25) is 0 Å². The number of hydrogen-bond donors (Lipinski definition) is 0. The van der Waals surface area contributed by atoms with E-state index in [2.05, 4.69) is 20.7 Å². The first-order valence-corrected chi connectivity index (χ1v) is 5.34. The van der Waals surface area contributed by atoms with Crippen molar-refractivity contribution < 1.29 is 14.3 Å². The first-order valence-electron chi connectivity index (χ1n) is 4.55. The zero-order valence-electron chi connectivity index (χ0n) is 8.75. The van der Waals surface area contributed by atoms with Crippen LogP contribution in [-0.2, 0) is 15.9 Å². The molecule has 0 heterocycles. The van der Waals surface area contributed by atoms with Crippen LogP contribution in [0.5, 0.6) is 0 Å². The lowest BCUT2D eigenvalue weighted by molar-refractivity contribution is 0.0599. The lowest BCUT2D eigenvalue weighted by atomic mass is 10.1. The molecule has 0 saturated carbocycles. The van der Waals surface area contributed by atoms with Gasteiger partial charge in [-0.15, -0.1) is 0 Å². The van der Waals surface area contributed by atoms with Gasteiger partial charge >= 0.3 is 5.97 Å². The van der Waals surface area contributed by atoms with Crippen molar-refractivity contribution in [2.24, 2.45) is 0 Å². The maximum Gasteiger partial charge on any atom is 0.339 e. The molecule has 3 nitrogen and oxygen atoms in total. The third kappa shape index (κ3) is 3.04. The van der Waals surface area contributed by atoms with Gasteiger partial charge in [-0.05, 0) is 34.0 Å². The molecule has 0 fully saturated rings. The molecule has 0 aliphatic rings. The van der Waals surface area contributed by atoms with Gasteiger partial charge in [-0.2, -0.15) is 0 Å². The van der Waals surface area contributed by atoms with Gasteiger partial charge in [0.15, 0.2) is 0 Å². The minimum atomic E-state index is -0.332. The molecule has 0 bridgehead atoms. The van der Waals surface area contributed by atoms with Gasteiger partial charge in [0.1, 0.15) is 0 Å². The van der Waals surface area contributed by atoms with Crippen molar-refractivity contribution in [2.45, 2.75) is 6.42 Å². The maximum atomic E-state index is 11.4. The number of hydrogen-bond acceptors (Lipinski definition) is 3. The smallest absolute Gasteiger partial charge is 0.339 e. The third-order valence-corrected chi connectivity index (χ3v) is 3.00.